The third kappa shape index (κ3) is 3.65. The number of alkyl halides is 3. The normalized spacial score (nSPS) is 15.3. The standard InChI is InChI=1S/C12H11F3O3/c13-12(14,15)18-10-4-3-9(6-16)11(5-10)17-7-8-1-2-8/h3-6,8H,1-2,7H2. The highest BCUT2D eigenvalue weighted by atomic mass is 19.4. The molecule has 0 spiro atoms. The number of carbonyl (C=O) groups excluding carboxylic acids is 1. The molecule has 1 aromatic rings. The summed E-state index contributed by atoms with van der Waals surface area (Å²) in [4.78, 5) is 10.7. The van der Waals surface area contributed by atoms with E-state index in [4.69, 9.17) is 4.74 Å². The minimum atomic E-state index is -4.75. The number of hydrogen-bond donors (Lipinski definition) is 0. The van der Waals surface area contributed by atoms with Crippen molar-refractivity contribution in [3.05, 3.63) is 23.8 Å². The van der Waals surface area contributed by atoms with Crippen molar-refractivity contribution in [2.75, 3.05) is 6.61 Å². The molecule has 0 N–H and O–H groups in total. The Bertz CT molecular complexity index is 439. The van der Waals surface area contributed by atoms with Crippen molar-refractivity contribution < 1.29 is 27.4 Å². The van der Waals surface area contributed by atoms with Gasteiger partial charge in [0.15, 0.2) is 6.29 Å². The van der Waals surface area contributed by atoms with Gasteiger partial charge in [0, 0.05) is 6.07 Å². The predicted octanol–water partition coefficient (Wildman–Crippen LogP) is 3.19. The Morgan fingerprint density at radius 2 is 2.06 bits per heavy atom. The number of rotatable bonds is 5. The van der Waals surface area contributed by atoms with Crippen LogP contribution in [0, 0.1) is 5.92 Å². The van der Waals surface area contributed by atoms with Crippen molar-refractivity contribution in [2.45, 2.75) is 19.2 Å². The van der Waals surface area contributed by atoms with Crippen LogP contribution in [0.3, 0.4) is 0 Å². The summed E-state index contributed by atoms with van der Waals surface area (Å²) in [6.07, 6.45) is -2.11. The Morgan fingerprint density at radius 3 is 2.61 bits per heavy atom. The second kappa shape index (κ2) is 4.88. The summed E-state index contributed by atoms with van der Waals surface area (Å²) >= 11 is 0. The van der Waals surface area contributed by atoms with Gasteiger partial charge in [-0.15, -0.1) is 13.2 Å². The van der Waals surface area contributed by atoms with E-state index in [0.29, 0.717) is 18.8 Å². The maximum atomic E-state index is 12.0. The number of carbonyl (C=O) groups is 1. The molecule has 0 atom stereocenters. The molecule has 1 aliphatic rings. The Kier molecular flexibility index (Phi) is 3.45. The van der Waals surface area contributed by atoms with Gasteiger partial charge in [-0.3, -0.25) is 4.79 Å². The van der Waals surface area contributed by atoms with Crippen molar-refractivity contribution in [3.8, 4) is 11.5 Å². The lowest BCUT2D eigenvalue weighted by atomic mass is 10.2. The van der Waals surface area contributed by atoms with Crippen LogP contribution >= 0.6 is 0 Å². The van der Waals surface area contributed by atoms with Crippen LogP contribution < -0.4 is 9.47 Å². The van der Waals surface area contributed by atoms with Crippen LogP contribution in [0.4, 0.5) is 13.2 Å². The summed E-state index contributed by atoms with van der Waals surface area (Å²) in [6, 6.07) is 3.41. The first-order chi connectivity index (χ1) is 8.48. The highest BCUT2D eigenvalue weighted by Crippen LogP contribution is 2.32. The molecule has 1 fully saturated rings. The molecule has 1 aliphatic carbocycles. The molecule has 2 rings (SSSR count). The summed E-state index contributed by atoms with van der Waals surface area (Å²) in [5.41, 5.74) is 0.213. The van der Waals surface area contributed by atoms with E-state index in [0.717, 1.165) is 25.0 Å². The molecular formula is C12H11F3O3. The van der Waals surface area contributed by atoms with Crippen LogP contribution in [-0.2, 0) is 0 Å². The second-order valence-electron chi connectivity index (χ2n) is 4.12. The van der Waals surface area contributed by atoms with Crippen LogP contribution in [0.1, 0.15) is 23.2 Å². The van der Waals surface area contributed by atoms with Gasteiger partial charge >= 0.3 is 6.36 Å². The van der Waals surface area contributed by atoms with E-state index < -0.39 is 6.36 Å². The average Bonchev–Trinajstić information content (AvgIpc) is 3.08. The number of aldehydes is 1. The SMILES string of the molecule is O=Cc1ccc(OC(F)(F)F)cc1OCC1CC1. The van der Waals surface area contributed by atoms with Gasteiger partial charge in [-0.05, 0) is 30.9 Å². The molecule has 0 radical (unpaired) electrons. The highest BCUT2D eigenvalue weighted by molar-refractivity contribution is 5.79. The molecule has 0 unspecified atom stereocenters. The number of hydrogen-bond acceptors (Lipinski definition) is 3. The first-order valence-electron chi connectivity index (χ1n) is 5.46. The van der Waals surface area contributed by atoms with Crippen molar-refractivity contribution >= 4 is 6.29 Å². The molecule has 98 valence electrons. The van der Waals surface area contributed by atoms with Gasteiger partial charge in [0.05, 0.1) is 12.2 Å². The molecule has 6 heteroatoms. The topological polar surface area (TPSA) is 35.5 Å². The zero-order valence-electron chi connectivity index (χ0n) is 9.37. The van der Waals surface area contributed by atoms with E-state index in [1.807, 2.05) is 0 Å². The summed E-state index contributed by atoms with van der Waals surface area (Å²) in [6.45, 7) is 0.413. The molecule has 0 amide bonds. The molecule has 0 bridgehead atoms. The first kappa shape index (κ1) is 12.7. The maximum absolute atomic E-state index is 12.0. The number of benzene rings is 1. The van der Waals surface area contributed by atoms with Crippen molar-refractivity contribution in [3.63, 3.8) is 0 Å². The van der Waals surface area contributed by atoms with E-state index in [-0.39, 0.29) is 17.1 Å². The second-order valence-corrected chi connectivity index (χ2v) is 4.12. The number of ether oxygens (including phenoxy) is 2. The Morgan fingerprint density at radius 1 is 1.33 bits per heavy atom. The molecule has 0 heterocycles. The molecule has 18 heavy (non-hydrogen) atoms. The van der Waals surface area contributed by atoms with Gasteiger partial charge in [0.25, 0.3) is 0 Å². The van der Waals surface area contributed by atoms with E-state index in [2.05, 4.69) is 4.74 Å². The monoisotopic (exact) mass is 260 g/mol. The van der Waals surface area contributed by atoms with Crippen LogP contribution in [0.5, 0.6) is 11.5 Å². The fourth-order valence-electron chi connectivity index (χ4n) is 1.43. The highest BCUT2D eigenvalue weighted by Gasteiger charge is 2.31. The predicted molar refractivity (Wildman–Crippen MR) is 56.7 cm³/mol. The smallest absolute Gasteiger partial charge is 0.492 e. The zero-order valence-corrected chi connectivity index (χ0v) is 9.37. The molecular weight excluding hydrogens is 249 g/mol. The van der Waals surface area contributed by atoms with Crippen molar-refractivity contribution in [1.29, 1.82) is 0 Å². The van der Waals surface area contributed by atoms with Gasteiger partial charge in [0.2, 0.25) is 0 Å². The maximum Gasteiger partial charge on any atom is 0.573 e. The molecule has 1 saturated carbocycles. The molecule has 1 aromatic carbocycles. The van der Waals surface area contributed by atoms with Crippen molar-refractivity contribution in [1.82, 2.24) is 0 Å². The minimum absolute atomic E-state index is 0.124. The third-order valence-corrected chi connectivity index (χ3v) is 2.52. The third-order valence-electron chi connectivity index (χ3n) is 2.52. The van der Waals surface area contributed by atoms with Crippen LogP contribution in [0.25, 0.3) is 0 Å². The van der Waals surface area contributed by atoms with Crippen LogP contribution in [0.2, 0.25) is 0 Å². The van der Waals surface area contributed by atoms with Gasteiger partial charge in [-0.25, -0.2) is 0 Å². The van der Waals surface area contributed by atoms with Gasteiger partial charge in [-0.1, -0.05) is 0 Å². The van der Waals surface area contributed by atoms with Crippen molar-refractivity contribution in [2.24, 2.45) is 5.92 Å². The van der Waals surface area contributed by atoms with E-state index in [1.54, 1.807) is 0 Å². The largest absolute Gasteiger partial charge is 0.573 e. The van der Waals surface area contributed by atoms with Crippen LogP contribution in [-0.4, -0.2) is 19.3 Å². The number of halogens is 3. The molecule has 0 aromatic heterocycles. The van der Waals surface area contributed by atoms with E-state index >= 15 is 0 Å². The summed E-state index contributed by atoms with van der Waals surface area (Å²) in [5.74, 6) is 0.175. The van der Waals surface area contributed by atoms with E-state index in [1.165, 1.54) is 6.07 Å². The Labute approximate surface area is 102 Å². The average molecular weight is 260 g/mol. The van der Waals surface area contributed by atoms with E-state index in [9.17, 15) is 18.0 Å². The Hall–Kier alpha value is -1.72. The van der Waals surface area contributed by atoms with Crippen LogP contribution in [0.15, 0.2) is 18.2 Å². The quantitative estimate of drug-likeness (QED) is 0.763. The summed E-state index contributed by atoms with van der Waals surface area (Å²) < 4.78 is 45.2. The summed E-state index contributed by atoms with van der Waals surface area (Å²) in [7, 11) is 0. The first-order valence-corrected chi connectivity index (χ1v) is 5.46. The molecule has 3 nitrogen and oxygen atoms in total. The summed E-state index contributed by atoms with van der Waals surface area (Å²) in [5, 5.41) is 0. The lowest BCUT2D eigenvalue weighted by molar-refractivity contribution is -0.274. The zero-order chi connectivity index (χ0) is 13.2. The lowest BCUT2D eigenvalue weighted by Crippen LogP contribution is -2.17. The Balaban J connectivity index is 2.12. The molecule has 0 aliphatic heterocycles. The minimum Gasteiger partial charge on any atom is -0.492 e. The fraction of sp³-hybridized carbons (Fsp3) is 0.417. The molecule has 0 saturated heterocycles. The van der Waals surface area contributed by atoms with Gasteiger partial charge in [0.1, 0.15) is 11.5 Å². The van der Waals surface area contributed by atoms with Gasteiger partial charge < -0.3 is 9.47 Å². The van der Waals surface area contributed by atoms with Gasteiger partial charge in [-0.2, -0.15) is 0 Å². The lowest BCUT2D eigenvalue weighted by Gasteiger charge is -2.12. The fourth-order valence-corrected chi connectivity index (χ4v) is 1.43.